The fourth-order valence-corrected chi connectivity index (χ4v) is 1.04. The molecule has 0 bridgehead atoms. The zero-order valence-electron chi connectivity index (χ0n) is 8.90. The summed E-state index contributed by atoms with van der Waals surface area (Å²) in [6, 6.07) is 10.3. The molecule has 0 aromatic heterocycles. The third-order valence-electron chi connectivity index (χ3n) is 2.14. The van der Waals surface area contributed by atoms with Gasteiger partial charge in [-0.2, -0.15) is 0 Å². The largest absolute Gasteiger partial charge is 0.103 e. The van der Waals surface area contributed by atoms with E-state index in [1.807, 2.05) is 24.3 Å². The van der Waals surface area contributed by atoms with Crippen molar-refractivity contribution in [1.29, 1.82) is 0 Å². The number of hydrogen-bond donors (Lipinski definition) is 0. The molecule has 0 nitrogen and oxygen atoms in total. The minimum absolute atomic E-state index is 0.0747. The smallest absolute Gasteiger partial charge is 0.00731 e. The maximum Gasteiger partial charge on any atom is -0.00731 e. The second-order valence-corrected chi connectivity index (χ2v) is 3.96. The van der Waals surface area contributed by atoms with E-state index in [0.29, 0.717) is 0 Å². The van der Waals surface area contributed by atoms with Crippen molar-refractivity contribution < 1.29 is 0 Å². The third kappa shape index (κ3) is 3.61. The van der Waals surface area contributed by atoms with E-state index in [4.69, 9.17) is 0 Å². The fraction of sp³-hybridized carbons (Fsp3) is 0.214. The normalized spacial score (nSPS) is 11.9. The molecule has 0 fully saturated rings. The van der Waals surface area contributed by atoms with Gasteiger partial charge in [-0.05, 0) is 17.4 Å². The molecule has 0 N–H and O–H groups in total. The maximum atomic E-state index is 3.79. The molecular formula is C14H17. The van der Waals surface area contributed by atoms with Crippen molar-refractivity contribution in [3.05, 3.63) is 61.0 Å². The topological polar surface area (TPSA) is 0 Å². The molecule has 1 rings (SSSR count). The summed E-state index contributed by atoms with van der Waals surface area (Å²) in [5.74, 6) is 0. The van der Waals surface area contributed by atoms with Gasteiger partial charge >= 0.3 is 0 Å². The van der Waals surface area contributed by atoms with Crippen LogP contribution < -0.4 is 0 Å². The average Bonchev–Trinajstić information content (AvgIpc) is 2.19. The first-order valence-corrected chi connectivity index (χ1v) is 4.85. The number of allylic oxidation sites excluding steroid dienone is 2. The standard InChI is InChI=1S/C14H17/c1-4-14(2,3)12-8-11-13-9-6-5-7-10-13/h4-12H,1H2,2-3H3. The molecule has 0 saturated heterocycles. The van der Waals surface area contributed by atoms with Crippen LogP contribution in [0.3, 0.4) is 0 Å². The van der Waals surface area contributed by atoms with Gasteiger partial charge in [0.1, 0.15) is 0 Å². The first-order chi connectivity index (χ1) is 6.64. The van der Waals surface area contributed by atoms with Gasteiger partial charge in [0.05, 0.1) is 0 Å². The van der Waals surface area contributed by atoms with Crippen molar-refractivity contribution in [2.75, 3.05) is 0 Å². The molecule has 1 aromatic rings. The van der Waals surface area contributed by atoms with Crippen LogP contribution in [0.1, 0.15) is 19.4 Å². The highest BCUT2D eigenvalue weighted by Gasteiger charge is 2.09. The van der Waals surface area contributed by atoms with E-state index in [-0.39, 0.29) is 5.41 Å². The Balaban J connectivity index is 2.54. The summed E-state index contributed by atoms with van der Waals surface area (Å²) in [7, 11) is 0. The Morgan fingerprint density at radius 2 is 1.79 bits per heavy atom. The van der Waals surface area contributed by atoms with Gasteiger partial charge in [0, 0.05) is 0 Å². The van der Waals surface area contributed by atoms with Crippen molar-refractivity contribution in [3.8, 4) is 0 Å². The molecule has 0 spiro atoms. The van der Waals surface area contributed by atoms with E-state index < -0.39 is 0 Å². The second kappa shape index (κ2) is 4.80. The summed E-state index contributed by atoms with van der Waals surface area (Å²) in [4.78, 5) is 0. The predicted octanol–water partition coefficient (Wildman–Crippen LogP) is 4.12. The van der Waals surface area contributed by atoms with Crippen LogP contribution in [-0.2, 0) is 0 Å². The Bertz CT molecular complexity index is 304. The van der Waals surface area contributed by atoms with Gasteiger partial charge in [-0.15, -0.1) is 6.58 Å². The van der Waals surface area contributed by atoms with E-state index in [2.05, 4.69) is 51.1 Å². The summed E-state index contributed by atoms with van der Waals surface area (Å²) in [5, 5.41) is 0. The van der Waals surface area contributed by atoms with Crippen molar-refractivity contribution in [2.24, 2.45) is 5.41 Å². The Kier molecular flexibility index (Phi) is 3.70. The highest BCUT2D eigenvalue weighted by atomic mass is 14.1. The van der Waals surface area contributed by atoms with Crippen LogP contribution in [0.2, 0.25) is 0 Å². The summed E-state index contributed by atoms with van der Waals surface area (Å²) >= 11 is 0. The molecule has 0 unspecified atom stereocenters. The minimum atomic E-state index is 0.0747. The van der Waals surface area contributed by atoms with E-state index in [9.17, 15) is 0 Å². The molecular weight excluding hydrogens is 168 g/mol. The van der Waals surface area contributed by atoms with Crippen LogP contribution in [0.25, 0.3) is 6.08 Å². The molecule has 0 amide bonds. The summed E-state index contributed by atoms with van der Waals surface area (Å²) in [5.41, 5.74) is 1.30. The van der Waals surface area contributed by atoms with Crippen LogP contribution in [0.15, 0.2) is 49.1 Å². The molecule has 0 aliphatic heterocycles. The molecule has 0 saturated carbocycles. The maximum absolute atomic E-state index is 3.79. The van der Waals surface area contributed by atoms with E-state index >= 15 is 0 Å². The summed E-state index contributed by atoms with van der Waals surface area (Å²) in [6.07, 6.45) is 8.28. The quantitative estimate of drug-likeness (QED) is 0.619. The lowest BCUT2D eigenvalue weighted by molar-refractivity contribution is 0.590. The van der Waals surface area contributed by atoms with Gasteiger partial charge in [-0.3, -0.25) is 0 Å². The van der Waals surface area contributed by atoms with Crippen LogP contribution in [0.4, 0.5) is 0 Å². The molecule has 0 atom stereocenters. The molecule has 0 aliphatic rings. The lowest BCUT2D eigenvalue weighted by Crippen LogP contribution is -2.04. The number of benzene rings is 1. The highest BCUT2D eigenvalue weighted by molar-refractivity contribution is 5.50. The van der Waals surface area contributed by atoms with Crippen molar-refractivity contribution in [2.45, 2.75) is 13.8 Å². The Morgan fingerprint density at radius 1 is 1.14 bits per heavy atom. The summed E-state index contributed by atoms with van der Waals surface area (Å²) in [6.45, 7) is 8.06. The zero-order chi connectivity index (χ0) is 10.4. The van der Waals surface area contributed by atoms with Gasteiger partial charge in [-0.1, -0.05) is 62.4 Å². The van der Waals surface area contributed by atoms with E-state index in [0.717, 1.165) is 0 Å². The molecule has 14 heavy (non-hydrogen) atoms. The van der Waals surface area contributed by atoms with Crippen molar-refractivity contribution in [3.63, 3.8) is 0 Å². The Hall–Kier alpha value is -1.30. The molecule has 0 heteroatoms. The number of hydrogen-bond acceptors (Lipinski definition) is 0. The summed E-state index contributed by atoms with van der Waals surface area (Å²) < 4.78 is 0. The van der Waals surface area contributed by atoms with E-state index in [1.165, 1.54) is 5.56 Å². The third-order valence-corrected chi connectivity index (χ3v) is 2.14. The lowest BCUT2D eigenvalue weighted by atomic mass is 9.89. The Labute approximate surface area is 87.0 Å². The molecule has 0 aliphatic carbocycles. The highest BCUT2D eigenvalue weighted by Crippen LogP contribution is 2.21. The van der Waals surface area contributed by atoms with Gasteiger partial charge in [0.15, 0.2) is 0 Å². The predicted molar refractivity (Wildman–Crippen MR) is 63.8 cm³/mol. The Morgan fingerprint density at radius 3 is 2.36 bits per heavy atom. The van der Waals surface area contributed by atoms with Gasteiger partial charge < -0.3 is 0 Å². The average molecular weight is 185 g/mol. The molecule has 73 valence electrons. The van der Waals surface area contributed by atoms with Crippen LogP contribution in [-0.4, -0.2) is 0 Å². The van der Waals surface area contributed by atoms with Crippen molar-refractivity contribution in [1.82, 2.24) is 0 Å². The lowest BCUT2D eigenvalue weighted by Gasteiger charge is -2.15. The zero-order valence-corrected chi connectivity index (χ0v) is 8.90. The first-order valence-electron chi connectivity index (χ1n) is 4.85. The fourth-order valence-electron chi connectivity index (χ4n) is 1.04. The molecule has 1 aromatic carbocycles. The minimum Gasteiger partial charge on any atom is -0.103 e. The van der Waals surface area contributed by atoms with Crippen LogP contribution in [0.5, 0.6) is 0 Å². The van der Waals surface area contributed by atoms with Crippen LogP contribution in [0, 0.1) is 11.8 Å². The first kappa shape index (κ1) is 10.8. The van der Waals surface area contributed by atoms with Crippen LogP contribution >= 0.6 is 0 Å². The van der Waals surface area contributed by atoms with Crippen molar-refractivity contribution >= 4 is 6.08 Å². The molecule has 1 radical (unpaired) electrons. The number of rotatable bonds is 4. The van der Waals surface area contributed by atoms with Gasteiger partial charge in [-0.25, -0.2) is 0 Å². The SMILES string of the molecule is C=CC(C)(C)[CH]C=Cc1ccccc1. The second-order valence-electron chi connectivity index (χ2n) is 3.96. The monoisotopic (exact) mass is 185 g/mol. The van der Waals surface area contributed by atoms with Gasteiger partial charge in [0.25, 0.3) is 0 Å². The van der Waals surface area contributed by atoms with Gasteiger partial charge in [0.2, 0.25) is 0 Å². The molecule has 0 heterocycles. The van der Waals surface area contributed by atoms with E-state index in [1.54, 1.807) is 0 Å².